The van der Waals surface area contributed by atoms with E-state index in [2.05, 4.69) is 11.4 Å². The SMILES string of the molecule is Cc1c(NC(=O)C=Cc2ccc(-c3cccc(Cl)c3Cl)o2)cccc1-c1nc2ccccc2s1. The van der Waals surface area contributed by atoms with Crippen LogP contribution in [0.2, 0.25) is 10.0 Å². The number of carbonyl (C=O) groups excluding carboxylic acids is 1. The smallest absolute Gasteiger partial charge is 0.248 e. The first-order valence-electron chi connectivity index (χ1n) is 10.5. The number of benzene rings is 3. The van der Waals surface area contributed by atoms with Crippen molar-refractivity contribution in [2.24, 2.45) is 0 Å². The van der Waals surface area contributed by atoms with E-state index in [0.717, 1.165) is 32.0 Å². The number of hydrogen-bond donors (Lipinski definition) is 1. The summed E-state index contributed by atoms with van der Waals surface area (Å²) in [5.41, 5.74) is 4.35. The molecule has 7 heteroatoms. The molecule has 1 N–H and O–H groups in total. The number of anilines is 1. The molecule has 34 heavy (non-hydrogen) atoms. The van der Waals surface area contributed by atoms with Crippen LogP contribution in [0.1, 0.15) is 11.3 Å². The average molecular weight is 505 g/mol. The Balaban J connectivity index is 1.33. The van der Waals surface area contributed by atoms with Gasteiger partial charge in [-0.1, -0.05) is 53.5 Å². The molecular weight excluding hydrogens is 487 g/mol. The maximum Gasteiger partial charge on any atom is 0.248 e. The standard InChI is InChI=1S/C27H18Cl2N2O2S/c1-16-18(27-31-22-9-2-3-11-24(22)34-27)6-5-10-21(16)30-25(32)15-13-17-12-14-23(33-17)19-7-4-8-20(28)26(19)29/h2-15H,1H3,(H,30,32). The summed E-state index contributed by atoms with van der Waals surface area (Å²) in [7, 11) is 0. The molecule has 0 saturated heterocycles. The van der Waals surface area contributed by atoms with Crippen LogP contribution >= 0.6 is 34.5 Å². The Bertz CT molecular complexity index is 1520. The van der Waals surface area contributed by atoms with Crippen LogP contribution in [0.15, 0.2) is 83.3 Å². The molecule has 2 heterocycles. The van der Waals surface area contributed by atoms with Crippen molar-refractivity contribution >= 4 is 62.4 Å². The van der Waals surface area contributed by atoms with Gasteiger partial charge in [-0.15, -0.1) is 11.3 Å². The van der Waals surface area contributed by atoms with E-state index in [1.165, 1.54) is 6.08 Å². The summed E-state index contributed by atoms with van der Waals surface area (Å²) in [6.45, 7) is 1.98. The van der Waals surface area contributed by atoms with E-state index in [1.807, 2.05) is 49.4 Å². The zero-order chi connectivity index (χ0) is 23.7. The number of rotatable bonds is 5. The fourth-order valence-electron chi connectivity index (χ4n) is 3.60. The molecule has 0 aliphatic rings. The van der Waals surface area contributed by atoms with Gasteiger partial charge in [0.2, 0.25) is 5.91 Å². The van der Waals surface area contributed by atoms with Crippen molar-refractivity contribution in [3.8, 4) is 21.9 Å². The van der Waals surface area contributed by atoms with Crippen molar-refractivity contribution < 1.29 is 9.21 Å². The second-order valence-electron chi connectivity index (χ2n) is 7.59. The van der Waals surface area contributed by atoms with Crippen LogP contribution in [-0.2, 0) is 4.79 Å². The van der Waals surface area contributed by atoms with Crippen molar-refractivity contribution in [1.82, 2.24) is 4.98 Å². The number of furan rings is 1. The molecule has 0 aliphatic heterocycles. The Morgan fingerprint density at radius 1 is 0.971 bits per heavy atom. The summed E-state index contributed by atoms with van der Waals surface area (Å²) in [6, 6.07) is 22.8. The zero-order valence-electron chi connectivity index (χ0n) is 18.0. The summed E-state index contributed by atoms with van der Waals surface area (Å²) in [5.74, 6) is 0.844. The molecule has 168 valence electrons. The fourth-order valence-corrected chi connectivity index (χ4v) is 5.05. The first-order valence-corrected chi connectivity index (χ1v) is 12.1. The highest BCUT2D eigenvalue weighted by Gasteiger charge is 2.13. The second kappa shape index (κ2) is 9.47. The van der Waals surface area contributed by atoms with Crippen molar-refractivity contribution in [2.45, 2.75) is 6.92 Å². The maximum absolute atomic E-state index is 12.6. The predicted octanol–water partition coefficient (Wildman–Crippen LogP) is 8.49. The lowest BCUT2D eigenvalue weighted by atomic mass is 10.1. The molecule has 0 unspecified atom stereocenters. The molecular formula is C27H18Cl2N2O2S. The Morgan fingerprint density at radius 3 is 2.62 bits per heavy atom. The third-order valence-corrected chi connectivity index (χ3v) is 7.25. The quantitative estimate of drug-likeness (QED) is 0.244. The minimum Gasteiger partial charge on any atom is -0.457 e. The first-order chi connectivity index (χ1) is 16.5. The lowest BCUT2D eigenvalue weighted by Crippen LogP contribution is -2.09. The van der Waals surface area contributed by atoms with Crippen molar-refractivity contribution in [3.63, 3.8) is 0 Å². The molecule has 2 aromatic heterocycles. The van der Waals surface area contributed by atoms with Gasteiger partial charge in [-0.05, 0) is 61.0 Å². The van der Waals surface area contributed by atoms with Gasteiger partial charge < -0.3 is 9.73 Å². The topological polar surface area (TPSA) is 55.1 Å². The zero-order valence-corrected chi connectivity index (χ0v) is 20.3. The number of halogens is 2. The van der Waals surface area contributed by atoms with Crippen LogP contribution in [0, 0.1) is 6.92 Å². The van der Waals surface area contributed by atoms with Crippen LogP contribution in [0.3, 0.4) is 0 Å². The van der Waals surface area contributed by atoms with Gasteiger partial charge in [0.1, 0.15) is 16.5 Å². The summed E-state index contributed by atoms with van der Waals surface area (Å²) < 4.78 is 6.95. The van der Waals surface area contributed by atoms with Crippen molar-refractivity contribution in [1.29, 1.82) is 0 Å². The highest BCUT2D eigenvalue weighted by Crippen LogP contribution is 2.35. The van der Waals surface area contributed by atoms with Crippen LogP contribution in [-0.4, -0.2) is 10.9 Å². The number of para-hydroxylation sites is 1. The van der Waals surface area contributed by atoms with E-state index < -0.39 is 0 Å². The molecule has 1 amide bonds. The number of nitrogens with zero attached hydrogens (tertiary/aromatic N) is 1. The minimum atomic E-state index is -0.261. The normalized spacial score (nSPS) is 11.4. The third-order valence-electron chi connectivity index (χ3n) is 5.36. The molecule has 5 rings (SSSR count). The number of thiazole rings is 1. The van der Waals surface area contributed by atoms with Crippen LogP contribution in [0.4, 0.5) is 5.69 Å². The van der Waals surface area contributed by atoms with Gasteiger partial charge in [0.25, 0.3) is 0 Å². The lowest BCUT2D eigenvalue weighted by Gasteiger charge is -2.10. The van der Waals surface area contributed by atoms with Crippen molar-refractivity contribution in [3.05, 3.63) is 100 Å². The van der Waals surface area contributed by atoms with Crippen LogP contribution in [0.25, 0.3) is 38.2 Å². The third kappa shape index (κ3) is 4.50. The van der Waals surface area contributed by atoms with Crippen LogP contribution in [0.5, 0.6) is 0 Å². The van der Waals surface area contributed by atoms with E-state index in [9.17, 15) is 4.79 Å². The summed E-state index contributed by atoms with van der Waals surface area (Å²) in [5, 5.41) is 4.75. The van der Waals surface area contributed by atoms with Gasteiger partial charge in [-0.2, -0.15) is 0 Å². The largest absolute Gasteiger partial charge is 0.457 e. The number of carbonyl (C=O) groups is 1. The summed E-state index contributed by atoms with van der Waals surface area (Å²) in [4.78, 5) is 17.4. The van der Waals surface area contributed by atoms with E-state index in [-0.39, 0.29) is 5.91 Å². The highest BCUT2D eigenvalue weighted by molar-refractivity contribution is 7.21. The number of hydrogen-bond acceptors (Lipinski definition) is 4. The molecule has 0 radical (unpaired) electrons. The molecule has 0 atom stereocenters. The predicted molar refractivity (Wildman–Crippen MR) is 142 cm³/mol. The monoisotopic (exact) mass is 504 g/mol. The molecule has 0 saturated carbocycles. The number of amides is 1. The van der Waals surface area contributed by atoms with Crippen LogP contribution < -0.4 is 5.32 Å². The second-order valence-corrected chi connectivity index (χ2v) is 9.41. The molecule has 3 aromatic carbocycles. The highest BCUT2D eigenvalue weighted by atomic mass is 35.5. The van der Waals surface area contributed by atoms with Gasteiger partial charge >= 0.3 is 0 Å². The van der Waals surface area contributed by atoms with Gasteiger partial charge in [-0.25, -0.2) is 4.98 Å². The van der Waals surface area contributed by atoms with Gasteiger partial charge in [0, 0.05) is 22.9 Å². The molecule has 5 aromatic rings. The van der Waals surface area contributed by atoms with Gasteiger partial charge in [0.15, 0.2) is 0 Å². The first kappa shape index (κ1) is 22.4. The maximum atomic E-state index is 12.6. The molecule has 0 fully saturated rings. The number of nitrogens with one attached hydrogen (secondary N) is 1. The Morgan fingerprint density at radius 2 is 1.76 bits per heavy atom. The fraction of sp³-hybridized carbons (Fsp3) is 0.0370. The van der Waals surface area contributed by atoms with E-state index in [0.29, 0.717) is 27.1 Å². The van der Waals surface area contributed by atoms with Crippen molar-refractivity contribution in [2.75, 3.05) is 5.32 Å². The van der Waals surface area contributed by atoms with Gasteiger partial charge in [0.05, 0.1) is 20.3 Å². The summed E-state index contributed by atoms with van der Waals surface area (Å²) >= 11 is 14.0. The number of aromatic nitrogens is 1. The minimum absolute atomic E-state index is 0.261. The summed E-state index contributed by atoms with van der Waals surface area (Å²) in [6.07, 6.45) is 3.05. The van der Waals surface area contributed by atoms with E-state index in [1.54, 1.807) is 41.7 Å². The molecule has 4 nitrogen and oxygen atoms in total. The number of fused-ring (bicyclic) bond motifs is 1. The Kier molecular flexibility index (Phi) is 6.24. The Hall–Kier alpha value is -3.38. The molecule has 0 bridgehead atoms. The van der Waals surface area contributed by atoms with Gasteiger partial charge in [-0.3, -0.25) is 4.79 Å². The molecule has 0 aliphatic carbocycles. The average Bonchev–Trinajstić information content (AvgIpc) is 3.48. The Labute approximate surface area is 210 Å². The molecule has 0 spiro atoms. The lowest BCUT2D eigenvalue weighted by molar-refractivity contribution is -0.111. The van der Waals surface area contributed by atoms with E-state index in [4.69, 9.17) is 32.6 Å². The van der Waals surface area contributed by atoms with E-state index >= 15 is 0 Å².